The fourth-order valence-electron chi connectivity index (χ4n) is 2.72. The van der Waals surface area contributed by atoms with Crippen LogP contribution in [-0.4, -0.2) is 43.8 Å². The van der Waals surface area contributed by atoms with Gasteiger partial charge in [0.05, 0.1) is 6.92 Å². The first-order valence-corrected chi connectivity index (χ1v) is 8.67. The van der Waals surface area contributed by atoms with Gasteiger partial charge < -0.3 is 5.53 Å². The standard InChI is InChI=1S/C14H31N4P/c1-10(2)17(11(3)4)19(14(9)16-15)18(12(5)6)13(7)8/h10-13H,1-9H3/p+1. The third kappa shape index (κ3) is 4.96. The Labute approximate surface area is 120 Å². The molecule has 0 aliphatic carbocycles. The molecule has 0 aliphatic rings. The fourth-order valence-corrected chi connectivity index (χ4v) is 5.78. The molecule has 0 aromatic rings. The van der Waals surface area contributed by atoms with Crippen molar-refractivity contribution in [2.45, 2.75) is 86.5 Å². The minimum absolute atomic E-state index is 0.436. The van der Waals surface area contributed by atoms with Crippen molar-refractivity contribution in [2.75, 3.05) is 0 Å². The van der Waals surface area contributed by atoms with E-state index < -0.39 is 8.22 Å². The molecule has 0 amide bonds. The molecule has 0 fully saturated rings. The van der Waals surface area contributed by atoms with Crippen molar-refractivity contribution in [1.82, 2.24) is 9.34 Å². The van der Waals surface area contributed by atoms with Crippen LogP contribution >= 0.6 is 8.22 Å². The Morgan fingerprint density at radius 3 is 1.21 bits per heavy atom. The summed E-state index contributed by atoms with van der Waals surface area (Å²) < 4.78 is 5.00. The normalized spacial score (nSPS) is 12.6. The summed E-state index contributed by atoms with van der Waals surface area (Å²) in [5.74, 6) is 0. The monoisotopic (exact) mass is 287 g/mol. The molecule has 112 valence electrons. The quantitative estimate of drug-likeness (QED) is 0.308. The smallest absolute Gasteiger partial charge is 0.357 e. The maximum absolute atomic E-state index is 9.29. The van der Waals surface area contributed by atoms with E-state index in [0.29, 0.717) is 24.2 Å². The van der Waals surface area contributed by atoms with Gasteiger partial charge in [-0.05, 0) is 55.4 Å². The summed E-state index contributed by atoms with van der Waals surface area (Å²) in [5, 5.41) is 0. The van der Waals surface area contributed by atoms with Gasteiger partial charge in [-0.1, -0.05) is 0 Å². The summed E-state index contributed by atoms with van der Waals surface area (Å²) in [5.41, 5.74) is 10.1. The Morgan fingerprint density at radius 1 is 0.789 bits per heavy atom. The van der Waals surface area contributed by atoms with E-state index in [-0.39, 0.29) is 0 Å². The third-order valence-corrected chi connectivity index (χ3v) is 6.98. The highest BCUT2D eigenvalue weighted by Crippen LogP contribution is 2.50. The molecule has 5 heteroatoms. The van der Waals surface area contributed by atoms with Gasteiger partial charge in [0.15, 0.2) is 0 Å². The summed E-state index contributed by atoms with van der Waals surface area (Å²) in [4.78, 5) is 3.54. The van der Waals surface area contributed by atoms with Gasteiger partial charge in [0.2, 0.25) is 0 Å². The van der Waals surface area contributed by atoms with Crippen molar-refractivity contribution in [3.63, 3.8) is 0 Å². The Kier molecular flexibility index (Phi) is 8.00. The fraction of sp³-hybridized carbons (Fsp3) is 0.929. The van der Waals surface area contributed by atoms with Crippen LogP contribution in [0.4, 0.5) is 0 Å². The van der Waals surface area contributed by atoms with Crippen LogP contribution in [0.1, 0.15) is 62.3 Å². The molecule has 0 aromatic heterocycles. The maximum atomic E-state index is 9.29. The predicted octanol–water partition coefficient (Wildman–Crippen LogP) is 3.92. The SMILES string of the molecule is CC(=[N+]=[N-])[PH+](N(C(C)C)C(C)C)N(C(C)C)C(C)C. The Bertz CT molecular complexity index is 283. The molecular weight excluding hydrogens is 255 g/mol. The van der Waals surface area contributed by atoms with Crippen LogP contribution in [0.5, 0.6) is 0 Å². The van der Waals surface area contributed by atoms with E-state index in [2.05, 4.69) is 69.5 Å². The predicted molar refractivity (Wildman–Crippen MR) is 86.8 cm³/mol. The number of rotatable bonds is 7. The summed E-state index contributed by atoms with van der Waals surface area (Å²) in [6, 6.07) is 1.74. The molecule has 0 N–H and O–H groups in total. The van der Waals surface area contributed by atoms with E-state index in [1.165, 1.54) is 0 Å². The molecule has 0 heterocycles. The molecule has 0 unspecified atom stereocenters. The third-order valence-electron chi connectivity index (χ3n) is 3.19. The van der Waals surface area contributed by atoms with Gasteiger partial charge in [0.25, 0.3) is 8.22 Å². The van der Waals surface area contributed by atoms with Crippen molar-refractivity contribution in [3.8, 4) is 0 Å². The lowest BCUT2D eigenvalue weighted by molar-refractivity contribution is -0.00223. The van der Waals surface area contributed by atoms with Crippen LogP contribution in [0.3, 0.4) is 0 Å². The molecule has 0 saturated heterocycles. The van der Waals surface area contributed by atoms with Crippen LogP contribution in [-0.2, 0) is 0 Å². The number of hydrogen-bond acceptors (Lipinski definition) is 2. The van der Waals surface area contributed by atoms with Crippen molar-refractivity contribution in [1.29, 1.82) is 0 Å². The minimum atomic E-state index is -1.18. The van der Waals surface area contributed by atoms with E-state index in [1.807, 2.05) is 6.92 Å². The second kappa shape index (κ2) is 8.11. The summed E-state index contributed by atoms with van der Waals surface area (Å²) >= 11 is 0. The molecule has 0 aliphatic heterocycles. The minimum Gasteiger partial charge on any atom is -0.357 e. The van der Waals surface area contributed by atoms with Crippen LogP contribution in [0.25, 0.3) is 5.53 Å². The summed E-state index contributed by atoms with van der Waals surface area (Å²) in [6.07, 6.45) is 0. The van der Waals surface area contributed by atoms with Gasteiger partial charge in [0, 0.05) is 24.2 Å². The lowest BCUT2D eigenvalue weighted by Gasteiger charge is -2.37. The average Bonchev–Trinajstić information content (AvgIpc) is 2.24. The highest BCUT2D eigenvalue weighted by atomic mass is 31.1. The molecular formula is C14H32N4P+. The topological polar surface area (TPSA) is 42.9 Å². The van der Waals surface area contributed by atoms with E-state index in [0.717, 1.165) is 5.45 Å². The van der Waals surface area contributed by atoms with E-state index in [1.54, 1.807) is 0 Å². The van der Waals surface area contributed by atoms with E-state index in [9.17, 15) is 5.53 Å². The van der Waals surface area contributed by atoms with Gasteiger partial charge in [-0.15, -0.1) is 4.79 Å². The van der Waals surface area contributed by atoms with Gasteiger partial charge >= 0.3 is 5.45 Å². The second-order valence-corrected chi connectivity index (χ2v) is 8.60. The molecule has 0 saturated carbocycles. The van der Waals surface area contributed by atoms with Crippen molar-refractivity contribution in [3.05, 3.63) is 5.53 Å². The molecule has 4 nitrogen and oxygen atoms in total. The maximum Gasteiger partial charge on any atom is 0.423 e. The van der Waals surface area contributed by atoms with Crippen LogP contribution in [0.15, 0.2) is 0 Å². The largest absolute Gasteiger partial charge is 0.423 e. The summed E-state index contributed by atoms with van der Waals surface area (Å²) in [7, 11) is -1.18. The Hall–Kier alpha value is -0.270. The first-order chi connectivity index (χ1) is 8.64. The lowest BCUT2D eigenvalue weighted by Crippen LogP contribution is -2.44. The Morgan fingerprint density at radius 2 is 1.05 bits per heavy atom. The van der Waals surface area contributed by atoms with Crippen LogP contribution in [0.2, 0.25) is 0 Å². The zero-order valence-corrected chi connectivity index (χ0v) is 15.1. The highest BCUT2D eigenvalue weighted by molar-refractivity contribution is 7.70. The van der Waals surface area contributed by atoms with Crippen molar-refractivity contribution in [2.24, 2.45) is 0 Å². The first kappa shape index (κ1) is 18.7. The van der Waals surface area contributed by atoms with Gasteiger partial charge in [-0.3, -0.25) is 0 Å². The number of nitrogens with zero attached hydrogens (tertiary/aromatic N) is 4. The molecule has 0 rings (SSSR count). The first-order valence-electron chi connectivity index (χ1n) is 7.27. The lowest BCUT2D eigenvalue weighted by atomic mass is 10.3. The number of hydrogen-bond donors (Lipinski definition) is 0. The van der Waals surface area contributed by atoms with Crippen LogP contribution in [0, 0.1) is 0 Å². The van der Waals surface area contributed by atoms with Gasteiger partial charge in [0.1, 0.15) is 0 Å². The summed E-state index contributed by atoms with van der Waals surface area (Å²) in [6.45, 7) is 19.7. The van der Waals surface area contributed by atoms with E-state index >= 15 is 0 Å². The molecule has 0 atom stereocenters. The average molecular weight is 287 g/mol. The zero-order valence-electron chi connectivity index (χ0n) is 14.1. The van der Waals surface area contributed by atoms with Crippen molar-refractivity contribution < 1.29 is 4.79 Å². The molecule has 0 radical (unpaired) electrons. The van der Waals surface area contributed by atoms with Crippen LogP contribution < -0.4 is 0 Å². The van der Waals surface area contributed by atoms with E-state index in [4.69, 9.17) is 0 Å². The van der Waals surface area contributed by atoms with Gasteiger partial charge in [-0.25, -0.2) is 0 Å². The second-order valence-electron chi connectivity index (χ2n) is 6.20. The Balaban J connectivity index is 5.71. The molecule has 0 bridgehead atoms. The molecule has 19 heavy (non-hydrogen) atoms. The van der Waals surface area contributed by atoms with Crippen molar-refractivity contribution >= 4 is 13.7 Å². The molecule has 0 aromatic carbocycles. The highest BCUT2D eigenvalue weighted by Gasteiger charge is 2.46. The zero-order chi connectivity index (χ0) is 15.3. The van der Waals surface area contributed by atoms with Gasteiger partial charge in [-0.2, -0.15) is 9.34 Å². The molecule has 0 spiro atoms.